The smallest absolute Gasteiger partial charge is 0.0346 e. The SMILES string of the molecule is c1ccc2sc(CNCC3CC3)cc2c1. The van der Waals surface area contributed by atoms with E-state index in [1.165, 1.54) is 34.3 Å². The summed E-state index contributed by atoms with van der Waals surface area (Å²) in [7, 11) is 0. The zero-order valence-electron chi connectivity index (χ0n) is 8.70. The van der Waals surface area contributed by atoms with E-state index < -0.39 is 0 Å². The van der Waals surface area contributed by atoms with Crippen LogP contribution in [-0.2, 0) is 6.54 Å². The second-order valence-corrected chi connectivity index (χ2v) is 5.49. The Morgan fingerprint density at radius 3 is 2.93 bits per heavy atom. The van der Waals surface area contributed by atoms with Gasteiger partial charge in [0, 0.05) is 16.1 Å². The van der Waals surface area contributed by atoms with E-state index in [9.17, 15) is 0 Å². The molecule has 0 radical (unpaired) electrons. The first-order valence-electron chi connectivity index (χ1n) is 5.60. The van der Waals surface area contributed by atoms with Crippen molar-refractivity contribution in [2.75, 3.05) is 6.54 Å². The first-order chi connectivity index (χ1) is 7.42. The van der Waals surface area contributed by atoms with Crippen molar-refractivity contribution in [1.29, 1.82) is 0 Å². The number of fused-ring (bicyclic) bond motifs is 1. The second kappa shape index (κ2) is 3.95. The summed E-state index contributed by atoms with van der Waals surface area (Å²) >= 11 is 1.91. The number of nitrogens with one attached hydrogen (secondary N) is 1. The summed E-state index contributed by atoms with van der Waals surface area (Å²) in [5, 5.41) is 4.92. The van der Waals surface area contributed by atoms with Gasteiger partial charge in [0.1, 0.15) is 0 Å². The molecule has 1 aliphatic rings. The van der Waals surface area contributed by atoms with E-state index in [2.05, 4.69) is 35.6 Å². The Hall–Kier alpha value is -0.860. The average Bonchev–Trinajstić information content (AvgIpc) is 2.97. The third-order valence-electron chi connectivity index (χ3n) is 2.91. The topological polar surface area (TPSA) is 12.0 Å². The molecule has 0 spiro atoms. The van der Waals surface area contributed by atoms with Crippen LogP contribution in [0.1, 0.15) is 17.7 Å². The molecule has 1 N–H and O–H groups in total. The van der Waals surface area contributed by atoms with Crippen LogP contribution < -0.4 is 5.32 Å². The highest BCUT2D eigenvalue weighted by molar-refractivity contribution is 7.19. The summed E-state index contributed by atoms with van der Waals surface area (Å²) in [6.45, 7) is 2.24. The maximum atomic E-state index is 3.53. The van der Waals surface area contributed by atoms with Crippen LogP contribution in [0.15, 0.2) is 30.3 Å². The fourth-order valence-corrected chi connectivity index (χ4v) is 2.88. The van der Waals surface area contributed by atoms with E-state index >= 15 is 0 Å². The lowest BCUT2D eigenvalue weighted by molar-refractivity contribution is 0.644. The van der Waals surface area contributed by atoms with Gasteiger partial charge in [-0.05, 0) is 42.8 Å². The number of benzene rings is 1. The van der Waals surface area contributed by atoms with E-state index in [0.29, 0.717) is 0 Å². The van der Waals surface area contributed by atoms with Crippen molar-refractivity contribution in [2.45, 2.75) is 19.4 Å². The highest BCUT2D eigenvalue weighted by Gasteiger charge is 2.20. The van der Waals surface area contributed by atoms with Gasteiger partial charge < -0.3 is 5.32 Å². The monoisotopic (exact) mass is 217 g/mol. The average molecular weight is 217 g/mol. The molecule has 1 heterocycles. The molecule has 0 atom stereocenters. The van der Waals surface area contributed by atoms with Crippen LogP contribution in [0.4, 0.5) is 0 Å². The molecule has 1 saturated carbocycles. The van der Waals surface area contributed by atoms with Crippen molar-refractivity contribution in [1.82, 2.24) is 5.32 Å². The number of hydrogen-bond donors (Lipinski definition) is 1. The van der Waals surface area contributed by atoms with Crippen molar-refractivity contribution in [3.63, 3.8) is 0 Å². The lowest BCUT2D eigenvalue weighted by Gasteiger charge is -1.99. The predicted octanol–water partition coefficient (Wildman–Crippen LogP) is 3.40. The van der Waals surface area contributed by atoms with Crippen molar-refractivity contribution in [2.24, 2.45) is 5.92 Å². The summed E-state index contributed by atoms with van der Waals surface area (Å²) in [5.41, 5.74) is 0. The van der Waals surface area contributed by atoms with E-state index in [1.54, 1.807) is 0 Å². The molecule has 1 nitrogen and oxygen atoms in total. The van der Waals surface area contributed by atoms with Gasteiger partial charge in [-0.3, -0.25) is 0 Å². The highest BCUT2D eigenvalue weighted by atomic mass is 32.1. The first-order valence-corrected chi connectivity index (χ1v) is 6.41. The van der Waals surface area contributed by atoms with Gasteiger partial charge in [-0.15, -0.1) is 11.3 Å². The minimum absolute atomic E-state index is 0.972. The molecule has 1 fully saturated rings. The number of hydrogen-bond acceptors (Lipinski definition) is 2. The molecule has 1 aromatic heterocycles. The maximum absolute atomic E-state index is 3.53. The summed E-state index contributed by atoms with van der Waals surface area (Å²) in [5.74, 6) is 0.972. The molecule has 3 rings (SSSR count). The molecular weight excluding hydrogens is 202 g/mol. The number of rotatable bonds is 4. The second-order valence-electron chi connectivity index (χ2n) is 4.32. The number of thiophene rings is 1. The summed E-state index contributed by atoms with van der Waals surface area (Å²) in [4.78, 5) is 1.46. The van der Waals surface area contributed by atoms with Crippen molar-refractivity contribution >= 4 is 21.4 Å². The van der Waals surface area contributed by atoms with Crippen LogP contribution in [0.25, 0.3) is 10.1 Å². The Morgan fingerprint density at radius 1 is 1.27 bits per heavy atom. The quantitative estimate of drug-likeness (QED) is 0.827. The Labute approximate surface area is 94.1 Å². The lowest BCUT2D eigenvalue weighted by Crippen LogP contribution is -2.15. The Bertz CT molecular complexity index is 423. The molecule has 0 bridgehead atoms. The van der Waals surface area contributed by atoms with Gasteiger partial charge in [-0.2, -0.15) is 0 Å². The Morgan fingerprint density at radius 2 is 2.13 bits per heavy atom. The third kappa shape index (κ3) is 2.21. The predicted molar refractivity (Wildman–Crippen MR) is 66.3 cm³/mol. The minimum atomic E-state index is 0.972. The molecule has 0 unspecified atom stereocenters. The zero-order chi connectivity index (χ0) is 10.1. The summed E-state index contributed by atoms with van der Waals surface area (Å²) < 4.78 is 1.40. The first kappa shape index (κ1) is 9.37. The molecule has 2 aromatic rings. The molecule has 15 heavy (non-hydrogen) atoms. The molecule has 2 heteroatoms. The molecule has 0 aliphatic heterocycles. The van der Waals surface area contributed by atoms with Gasteiger partial charge in [0.15, 0.2) is 0 Å². The Kier molecular flexibility index (Phi) is 2.47. The van der Waals surface area contributed by atoms with Crippen LogP contribution in [0.3, 0.4) is 0 Å². The van der Waals surface area contributed by atoms with Crippen LogP contribution in [0.2, 0.25) is 0 Å². The van der Waals surface area contributed by atoms with Gasteiger partial charge >= 0.3 is 0 Å². The van der Waals surface area contributed by atoms with Crippen LogP contribution in [0.5, 0.6) is 0 Å². The standard InChI is InChI=1S/C13H15NS/c1-2-4-13-11(3-1)7-12(15-13)9-14-8-10-5-6-10/h1-4,7,10,14H,5-6,8-9H2. The third-order valence-corrected chi connectivity index (χ3v) is 4.02. The molecule has 1 aliphatic carbocycles. The van der Waals surface area contributed by atoms with Crippen LogP contribution >= 0.6 is 11.3 Å². The molecule has 1 aromatic carbocycles. The van der Waals surface area contributed by atoms with Crippen LogP contribution in [-0.4, -0.2) is 6.54 Å². The van der Waals surface area contributed by atoms with E-state index in [4.69, 9.17) is 0 Å². The van der Waals surface area contributed by atoms with Gasteiger partial charge in [0.25, 0.3) is 0 Å². The van der Waals surface area contributed by atoms with Gasteiger partial charge in [-0.25, -0.2) is 0 Å². The maximum Gasteiger partial charge on any atom is 0.0346 e. The summed E-state index contributed by atoms with van der Waals surface area (Å²) in [6, 6.07) is 10.9. The van der Waals surface area contributed by atoms with Crippen LogP contribution in [0, 0.1) is 5.92 Å². The van der Waals surface area contributed by atoms with Gasteiger partial charge in [0.05, 0.1) is 0 Å². The van der Waals surface area contributed by atoms with Gasteiger partial charge in [0.2, 0.25) is 0 Å². The zero-order valence-corrected chi connectivity index (χ0v) is 9.52. The highest BCUT2D eigenvalue weighted by Crippen LogP contribution is 2.28. The molecule has 0 saturated heterocycles. The molecule has 78 valence electrons. The minimum Gasteiger partial charge on any atom is -0.312 e. The fourth-order valence-electron chi connectivity index (χ4n) is 1.85. The Balaban J connectivity index is 1.68. The summed E-state index contributed by atoms with van der Waals surface area (Å²) in [6.07, 6.45) is 2.86. The van der Waals surface area contributed by atoms with E-state index in [-0.39, 0.29) is 0 Å². The van der Waals surface area contributed by atoms with E-state index in [0.717, 1.165) is 12.5 Å². The van der Waals surface area contributed by atoms with Crippen molar-refractivity contribution in [3.05, 3.63) is 35.2 Å². The van der Waals surface area contributed by atoms with Crippen molar-refractivity contribution in [3.8, 4) is 0 Å². The molecular formula is C13H15NS. The van der Waals surface area contributed by atoms with E-state index in [1.807, 2.05) is 11.3 Å². The fraction of sp³-hybridized carbons (Fsp3) is 0.385. The van der Waals surface area contributed by atoms with Gasteiger partial charge in [-0.1, -0.05) is 18.2 Å². The van der Waals surface area contributed by atoms with Crippen molar-refractivity contribution < 1.29 is 0 Å². The largest absolute Gasteiger partial charge is 0.312 e. The normalized spacial score (nSPS) is 16.0. The lowest BCUT2D eigenvalue weighted by atomic mass is 10.2. The molecule has 0 amide bonds.